The summed E-state index contributed by atoms with van der Waals surface area (Å²) in [5, 5.41) is 0. The molecule has 0 aliphatic rings. The normalized spacial score (nSPS) is 11.5. The van der Waals surface area contributed by atoms with Gasteiger partial charge in [-0.1, -0.05) is 11.6 Å². The molecule has 0 bridgehead atoms. The van der Waals surface area contributed by atoms with E-state index in [0.717, 1.165) is 15.8 Å². The van der Waals surface area contributed by atoms with Crippen molar-refractivity contribution in [1.82, 2.24) is 4.98 Å². The molecule has 1 rings (SSSR count). The molecule has 0 saturated carbocycles. The Kier molecular flexibility index (Phi) is 4.25. The molecule has 0 spiro atoms. The molecule has 0 saturated heterocycles. The Morgan fingerprint density at radius 1 is 1.69 bits per heavy atom. The smallest absolute Gasteiger partial charge is 0.139 e. The lowest BCUT2D eigenvalue weighted by Crippen LogP contribution is -1.98. The summed E-state index contributed by atoms with van der Waals surface area (Å²) in [5.41, 5.74) is 2.48. The van der Waals surface area contributed by atoms with E-state index < -0.39 is 0 Å². The number of pyridine rings is 1. The van der Waals surface area contributed by atoms with Gasteiger partial charge in [0.15, 0.2) is 0 Å². The zero-order valence-electron chi connectivity index (χ0n) is 7.13. The quantitative estimate of drug-likeness (QED) is 0.833. The Hall–Kier alpha value is -0.540. The van der Waals surface area contributed by atoms with Crippen molar-refractivity contribution in [3.05, 3.63) is 34.0 Å². The predicted molar refractivity (Wildman–Crippen MR) is 57.0 cm³/mol. The molecule has 13 heavy (non-hydrogen) atoms. The second-order valence-electron chi connectivity index (χ2n) is 2.58. The van der Waals surface area contributed by atoms with E-state index in [-0.39, 0.29) is 0 Å². The van der Waals surface area contributed by atoms with Gasteiger partial charge in [0.05, 0.1) is 6.20 Å². The SMILES string of the molecule is C/C(=C/Cl)COc1cncc(Br)c1. The zero-order valence-corrected chi connectivity index (χ0v) is 9.47. The van der Waals surface area contributed by atoms with E-state index in [1.165, 1.54) is 5.54 Å². The summed E-state index contributed by atoms with van der Waals surface area (Å²) in [6.45, 7) is 2.39. The standard InChI is InChI=1S/C9H9BrClNO/c1-7(3-11)6-13-9-2-8(10)4-12-5-9/h2-5H,6H2,1H3/b7-3-. The molecule has 2 nitrogen and oxygen atoms in total. The number of ether oxygens (including phenoxy) is 1. The maximum absolute atomic E-state index is 5.48. The van der Waals surface area contributed by atoms with Gasteiger partial charge in [-0.15, -0.1) is 0 Å². The van der Waals surface area contributed by atoms with E-state index >= 15 is 0 Å². The van der Waals surface area contributed by atoms with Crippen LogP contribution in [0.25, 0.3) is 0 Å². The molecule has 1 heterocycles. The van der Waals surface area contributed by atoms with Crippen molar-refractivity contribution in [3.63, 3.8) is 0 Å². The van der Waals surface area contributed by atoms with E-state index in [0.29, 0.717) is 6.61 Å². The summed E-state index contributed by atoms with van der Waals surface area (Å²) >= 11 is 8.79. The molecule has 4 heteroatoms. The van der Waals surface area contributed by atoms with E-state index in [4.69, 9.17) is 16.3 Å². The molecule has 70 valence electrons. The minimum Gasteiger partial charge on any atom is -0.488 e. The number of halogens is 2. The van der Waals surface area contributed by atoms with E-state index in [2.05, 4.69) is 20.9 Å². The molecule has 0 aliphatic carbocycles. The fraction of sp³-hybridized carbons (Fsp3) is 0.222. The van der Waals surface area contributed by atoms with Crippen LogP contribution in [0.3, 0.4) is 0 Å². The molecule has 0 radical (unpaired) electrons. The molecule has 0 N–H and O–H groups in total. The lowest BCUT2D eigenvalue weighted by atomic mass is 10.4. The van der Waals surface area contributed by atoms with Crippen LogP contribution >= 0.6 is 27.5 Å². The Labute approximate surface area is 90.7 Å². The topological polar surface area (TPSA) is 22.1 Å². The first-order valence-corrected chi connectivity index (χ1v) is 4.94. The first-order valence-electron chi connectivity index (χ1n) is 3.71. The van der Waals surface area contributed by atoms with Crippen molar-refractivity contribution in [2.45, 2.75) is 6.92 Å². The van der Waals surface area contributed by atoms with Gasteiger partial charge in [-0.2, -0.15) is 0 Å². The van der Waals surface area contributed by atoms with Crippen LogP contribution in [0.15, 0.2) is 34.0 Å². The highest BCUT2D eigenvalue weighted by atomic mass is 79.9. The van der Waals surface area contributed by atoms with E-state index in [1.807, 2.05) is 13.0 Å². The molecule has 0 aliphatic heterocycles. The molecule has 1 aromatic heterocycles. The summed E-state index contributed by atoms with van der Waals surface area (Å²) in [5.74, 6) is 0.729. The van der Waals surface area contributed by atoms with Crippen molar-refractivity contribution in [2.24, 2.45) is 0 Å². The Morgan fingerprint density at radius 3 is 3.08 bits per heavy atom. The van der Waals surface area contributed by atoms with Crippen molar-refractivity contribution >= 4 is 27.5 Å². The van der Waals surface area contributed by atoms with Gasteiger partial charge < -0.3 is 4.74 Å². The monoisotopic (exact) mass is 261 g/mol. The van der Waals surface area contributed by atoms with Crippen LogP contribution in [0, 0.1) is 0 Å². The predicted octanol–water partition coefficient (Wildman–Crippen LogP) is 3.37. The number of aromatic nitrogens is 1. The molecule has 0 unspecified atom stereocenters. The van der Waals surface area contributed by atoms with Gasteiger partial charge in [-0.3, -0.25) is 4.98 Å². The van der Waals surface area contributed by atoms with Crippen LogP contribution in [0.4, 0.5) is 0 Å². The molecule has 0 atom stereocenters. The highest BCUT2D eigenvalue weighted by molar-refractivity contribution is 9.10. The van der Waals surface area contributed by atoms with Gasteiger partial charge in [0.2, 0.25) is 0 Å². The Bertz CT molecular complexity index is 314. The van der Waals surface area contributed by atoms with E-state index in [1.54, 1.807) is 12.4 Å². The summed E-state index contributed by atoms with van der Waals surface area (Å²) in [4.78, 5) is 3.96. The first-order chi connectivity index (χ1) is 6.22. The minimum atomic E-state index is 0.488. The summed E-state index contributed by atoms with van der Waals surface area (Å²) < 4.78 is 6.29. The molecule has 0 amide bonds. The first kappa shape index (κ1) is 10.5. The lowest BCUT2D eigenvalue weighted by molar-refractivity contribution is 0.351. The average molecular weight is 263 g/mol. The van der Waals surface area contributed by atoms with Gasteiger partial charge in [-0.05, 0) is 34.5 Å². The molecule has 0 fully saturated rings. The van der Waals surface area contributed by atoms with Gasteiger partial charge in [-0.25, -0.2) is 0 Å². The van der Waals surface area contributed by atoms with Crippen LogP contribution < -0.4 is 4.74 Å². The zero-order chi connectivity index (χ0) is 9.68. The number of nitrogens with zero attached hydrogens (tertiary/aromatic N) is 1. The maximum Gasteiger partial charge on any atom is 0.139 e. The van der Waals surface area contributed by atoms with Crippen LogP contribution in [-0.4, -0.2) is 11.6 Å². The van der Waals surface area contributed by atoms with Gasteiger partial charge in [0.25, 0.3) is 0 Å². The fourth-order valence-electron chi connectivity index (χ4n) is 0.700. The second-order valence-corrected chi connectivity index (χ2v) is 3.72. The third kappa shape index (κ3) is 3.79. The van der Waals surface area contributed by atoms with Crippen LogP contribution in [0.1, 0.15) is 6.92 Å². The average Bonchev–Trinajstić information content (AvgIpc) is 2.14. The van der Waals surface area contributed by atoms with Crippen molar-refractivity contribution < 1.29 is 4.74 Å². The second kappa shape index (κ2) is 5.25. The van der Waals surface area contributed by atoms with Gasteiger partial charge in [0, 0.05) is 16.2 Å². The van der Waals surface area contributed by atoms with E-state index in [9.17, 15) is 0 Å². The number of hydrogen-bond acceptors (Lipinski definition) is 2. The fourth-order valence-corrected chi connectivity index (χ4v) is 1.11. The third-order valence-corrected chi connectivity index (χ3v) is 2.14. The molecular weight excluding hydrogens is 253 g/mol. The molecular formula is C9H9BrClNO. The Balaban J connectivity index is 2.55. The summed E-state index contributed by atoms with van der Waals surface area (Å²) in [7, 11) is 0. The van der Waals surface area contributed by atoms with Crippen molar-refractivity contribution in [1.29, 1.82) is 0 Å². The van der Waals surface area contributed by atoms with Crippen LogP contribution in [-0.2, 0) is 0 Å². The molecule has 0 aromatic carbocycles. The molecule has 1 aromatic rings. The third-order valence-electron chi connectivity index (χ3n) is 1.33. The van der Waals surface area contributed by atoms with Crippen molar-refractivity contribution in [2.75, 3.05) is 6.61 Å². The van der Waals surface area contributed by atoms with Gasteiger partial charge >= 0.3 is 0 Å². The number of rotatable bonds is 3. The largest absolute Gasteiger partial charge is 0.488 e. The number of hydrogen-bond donors (Lipinski definition) is 0. The lowest BCUT2D eigenvalue weighted by Gasteiger charge is -2.04. The van der Waals surface area contributed by atoms with Crippen molar-refractivity contribution in [3.8, 4) is 5.75 Å². The van der Waals surface area contributed by atoms with Crippen LogP contribution in [0.5, 0.6) is 5.75 Å². The van der Waals surface area contributed by atoms with Crippen LogP contribution in [0.2, 0.25) is 0 Å². The Morgan fingerprint density at radius 2 is 2.46 bits per heavy atom. The summed E-state index contributed by atoms with van der Waals surface area (Å²) in [6.07, 6.45) is 3.36. The van der Waals surface area contributed by atoms with Gasteiger partial charge in [0.1, 0.15) is 12.4 Å². The minimum absolute atomic E-state index is 0.488. The maximum atomic E-state index is 5.48. The highest BCUT2D eigenvalue weighted by Crippen LogP contribution is 2.16. The highest BCUT2D eigenvalue weighted by Gasteiger charge is 1.95. The summed E-state index contributed by atoms with van der Waals surface area (Å²) in [6, 6.07) is 1.86.